The molecule has 0 atom stereocenters. The predicted molar refractivity (Wildman–Crippen MR) is 97.6 cm³/mol. The van der Waals surface area contributed by atoms with Crippen LogP contribution in [0.25, 0.3) is 22.0 Å². The molecule has 126 valence electrons. The number of aromatic amines is 1. The number of hydrogen-bond acceptors (Lipinski definition) is 4. The highest BCUT2D eigenvalue weighted by Crippen LogP contribution is 2.23. The summed E-state index contributed by atoms with van der Waals surface area (Å²) in [5.74, 6) is 0.557. The van der Waals surface area contributed by atoms with Crippen LogP contribution in [0.5, 0.6) is 0 Å². The molecule has 4 rings (SSSR count). The van der Waals surface area contributed by atoms with Gasteiger partial charge in [-0.15, -0.1) is 0 Å². The first kappa shape index (κ1) is 15.4. The van der Waals surface area contributed by atoms with Gasteiger partial charge in [0.1, 0.15) is 0 Å². The Hall–Kier alpha value is -3.15. The van der Waals surface area contributed by atoms with Crippen LogP contribution in [0.15, 0.2) is 53.3 Å². The summed E-state index contributed by atoms with van der Waals surface area (Å²) in [7, 11) is 0. The van der Waals surface area contributed by atoms with Crippen LogP contribution in [-0.2, 0) is 4.79 Å². The number of fused-ring (bicyclic) bond motifs is 1. The Balaban J connectivity index is 1.69. The third kappa shape index (κ3) is 3.10. The maximum atomic E-state index is 12.1. The van der Waals surface area contributed by atoms with Crippen molar-refractivity contribution in [3.8, 4) is 11.3 Å². The highest BCUT2D eigenvalue weighted by Gasteiger charge is 2.18. The van der Waals surface area contributed by atoms with Gasteiger partial charge in [0, 0.05) is 37.8 Å². The van der Waals surface area contributed by atoms with Crippen molar-refractivity contribution < 1.29 is 4.79 Å². The van der Waals surface area contributed by atoms with Gasteiger partial charge >= 0.3 is 0 Å². The fourth-order valence-electron chi connectivity index (χ4n) is 3.13. The van der Waals surface area contributed by atoms with Gasteiger partial charge in [-0.25, -0.2) is 4.98 Å². The molecule has 6 heteroatoms. The van der Waals surface area contributed by atoms with Gasteiger partial charge in [0.05, 0.1) is 5.69 Å². The van der Waals surface area contributed by atoms with Crippen molar-refractivity contribution in [2.24, 2.45) is 0 Å². The number of amides is 1. The molecule has 1 aliphatic rings. The summed E-state index contributed by atoms with van der Waals surface area (Å²) in [6, 6.07) is 15.7. The maximum Gasteiger partial charge on any atom is 0.252 e. The van der Waals surface area contributed by atoms with E-state index in [1.165, 1.54) is 6.07 Å². The molecule has 25 heavy (non-hydrogen) atoms. The van der Waals surface area contributed by atoms with E-state index in [0.717, 1.165) is 22.7 Å². The van der Waals surface area contributed by atoms with Gasteiger partial charge in [-0.05, 0) is 16.8 Å². The summed E-state index contributed by atoms with van der Waals surface area (Å²) in [6.07, 6.45) is 0.860. The molecule has 1 aromatic heterocycles. The Bertz CT molecular complexity index is 974. The predicted octanol–water partition coefficient (Wildman–Crippen LogP) is 1.87. The van der Waals surface area contributed by atoms with Gasteiger partial charge in [-0.2, -0.15) is 0 Å². The molecular weight excluding hydrogens is 316 g/mol. The second-order valence-electron chi connectivity index (χ2n) is 6.14. The van der Waals surface area contributed by atoms with Gasteiger partial charge in [-0.1, -0.05) is 36.4 Å². The largest absolute Gasteiger partial charge is 0.342 e. The summed E-state index contributed by atoms with van der Waals surface area (Å²) >= 11 is 0. The number of anilines is 1. The number of hydrogen-bond donors (Lipinski definition) is 1. The molecule has 0 radical (unpaired) electrons. The smallest absolute Gasteiger partial charge is 0.252 e. The minimum Gasteiger partial charge on any atom is -0.342 e. The second kappa shape index (κ2) is 6.39. The Morgan fingerprint density at radius 3 is 2.48 bits per heavy atom. The van der Waals surface area contributed by atoms with Crippen molar-refractivity contribution in [3.05, 3.63) is 58.9 Å². The van der Waals surface area contributed by atoms with Crippen LogP contribution in [0.3, 0.4) is 0 Å². The van der Waals surface area contributed by atoms with Gasteiger partial charge in [0.25, 0.3) is 5.56 Å². The molecule has 3 aromatic rings. The van der Waals surface area contributed by atoms with E-state index in [2.05, 4.69) is 16.0 Å². The monoisotopic (exact) mass is 334 g/mol. The Morgan fingerprint density at radius 1 is 0.960 bits per heavy atom. The molecule has 2 aromatic carbocycles. The first-order valence-corrected chi connectivity index (χ1v) is 8.28. The van der Waals surface area contributed by atoms with E-state index < -0.39 is 0 Å². The number of aromatic nitrogens is 2. The average Bonchev–Trinajstić information content (AvgIpc) is 2.67. The number of rotatable bonds is 3. The number of nitrogens with zero attached hydrogens (tertiary/aromatic N) is 3. The number of nitrogens with one attached hydrogen (secondary N) is 1. The normalized spacial score (nSPS) is 14.7. The molecule has 0 spiro atoms. The van der Waals surface area contributed by atoms with E-state index >= 15 is 0 Å². The lowest BCUT2D eigenvalue weighted by molar-refractivity contribution is -0.118. The molecule has 0 saturated carbocycles. The van der Waals surface area contributed by atoms with E-state index in [1.807, 2.05) is 41.3 Å². The number of piperazine rings is 1. The zero-order chi connectivity index (χ0) is 17.2. The fourth-order valence-corrected chi connectivity index (χ4v) is 3.13. The highest BCUT2D eigenvalue weighted by atomic mass is 16.1. The van der Waals surface area contributed by atoms with Crippen LogP contribution in [-0.4, -0.2) is 47.5 Å². The van der Waals surface area contributed by atoms with Crippen molar-refractivity contribution in [1.29, 1.82) is 0 Å². The molecule has 1 aliphatic heterocycles. The second-order valence-corrected chi connectivity index (χ2v) is 6.14. The lowest BCUT2D eigenvalue weighted by atomic mass is 10.1. The lowest BCUT2D eigenvalue weighted by Crippen LogP contribution is -2.46. The van der Waals surface area contributed by atoms with Crippen molar-refractivity contribution in [2.45, 2.75) is 0 Å². The summed E-state index contributed by atoms with van der Waals surface area (Å²) in [5.41, 5.74) is 1.39. The minimum absolute atomic E-state index is 0.175. The van der Waals surface area contributed by atoms with Crippen LogP contribution in [0.4, 0.5) is 5.95 Å². The number of benzene rings is 2. The zero-order valence-electron chi connectivity index (χ0n) is 13.7. The lowest BCUT2D eigenvalue weighted by Gasteiger charge is -2.32. The molecule has 6 nitrogen and oxygen atoms in total. The van der Waals surface area contributed by atoms with Gasteiger partial charge in [-0.3, -0.25) is 14.6 Å². The van der Waals surface area contributed by atoms with Gasteiger partial charge < -0.3 is 9.80 Å². The molecule has 1 amide bonds. The SMILES string of the molecule is O=CN1CCN(c2nc(-c3ccc4ccccc4c3)cc(=O)[nH]2)CC1. The quantitative estimate of drug-likeness (QED) is 0.743. The van der Waals surface area contributed by atoms with Crippen LogP contribution in [0.2, 0.25) is 0 Å². The third-order valence-corrected chi connectivity index (χ3v) is 4.54. The van der Waals surface area contributed by atoms with Crippen molar-refractivity contribution in [3.63, 3.8) is 0 Å². The minimum atomic E-state index is -0.175. The zero-order valence-corrected chi connectivity index (χ0v) is 13.7. The topological polar surface area (TPSA) is 69.3 Å². The first-order valence-electron chi connectivity index (χ1n) is 8.28. The van der Waals surface area contributed by atoms with E-state index in [1.54, 1.807) is 4.90 Å². The third-order valence-electron chi connectivity index (χ3n) is 4.54. The molecular formula is C19H18N4O2. The fraction of sp³-hybridized carbons (Fsp3) is 0.211. The summed E-state index contributed by atoms with van der Waals surface area (Å²) in [4.78, 5) is 34.1. The van der Waals surface area contributed by atoms with Crippen molar-refractivity contribution in [2.75, 3.05) is 31.1 Å². The molecule has 1 saturated heterocycles. The molecule has 2 heterocycles. The Labute approximate surface area is 144 Å². The van der Waals surface area contributed by atoms with Gasteiger partial charge in [0.15, 0.2) is 0 Å². The number of carbonyl (C=O) groups excluding carboxylic acids is 1. The van der Waals surface area contributed by atoms with E-state index in [0.29, 0.717) is 37.8 Å². The Kier molecular flexibility index (Phi) is 3.93. The number of carbonyl (C=O) groups is 1. The van der Waals surface area contributed by atoms with E-state index in [4.69, 9.17) is 0 Å². The van der Waals surface area contributed by atoms with Crippen LogP contribution < -0.4 is 10.5 Å². The Morgan fingerprint density at radius 2 is 1.72 bits per heavy atom. The molecule has 1 N–H and O–H groups in total. The van der Waals surface area contributed by atoms with E-state index in [-0.39, 0.29) is 5.56 Å². The summed E-state index contributed by atoms with van der Waals surface area (Å²) < 4.78 is 0. The van der Waals surface area contributed by atoms with Gasteiger partial charge in [0.2, 0.25) is 12.4 Å². The van der Waals surface area contributed by atoms with E-state index in [9.17, 15) is 9.59 Å². The van der Waals surface area contributed by atoms with Crippen molar-refractivity contribution in [1.82, 2.24) is 14.9 Å². The standard InChI is InChI=1S/C19H18N4O2/c24-13-22-7-9-23(10-8-22)19-20-17(12-18(25)21-19)16-6-5-14-3-1-2-4-15(14)11-16/h1-6,11-13H,7-10H2,(H,20,21,25). The van der Waals surface area contributed by atoms with Crippen LogP contribution >= 0.6 is 0 Å². The average molecular weight is 334 g/mol. The van der Waals surface area contributed by atoms with Crippen LogP contribution in [0.1, 0.15) is 0 Å². The summed E-state index contributed by atoms with van der Waals surface area (Å²) in [6.45, 7) is 2.58. The molecule has 1 fully saturated rings. The molecule has 0 bridgehead atoms. The highest BCUT2D eigenvalue weighted by molar-refractivity contribution is 5.86. The van der Waals surface area contributed by atoms with Crippen molar-refractivity contribution >= 4 is 23.1 Å². The number of H-pyrrole nitrogens is 1. The molecule has 0 unspecified atom stereocenters. The van der Waals surface area contributed by atoms with Crippen LogP contribution in [0, 0.1) is 0 Å². The summed E-state index contributed by atoms with van der Waals surface area (Å²) in [5, 5.41) is 2.27. The first-order chi connectivity index (χ1) is 12.2. The molecule has 0 aliphatic carbocycles. The maximum absolute atomic E-state index is 12.1.